The van der Waals surface area contributed by atoms with Crippen molar-refractivity contribution >= 4 is 50.0 Å². The molecular formula is C21H21ClN2O5S2. The van der Waals surface area contributed by atoms with Crippen molar-refractivity contribution in [1.82, 2.24) is 0 Å². The highest BCUT2D eigenvalue weighted by Gasteiger charge is 2.50. The maximum atomic E-state index is 12.7. The number of methoxy groups -OCH3 is 2. The number of carbonyl (C=O) groups excluding carboxylic acids is 1. The summed E-state index contributed by atoms with van der Waals surface area (Å²) in [6.07, 6.45) is 0.127. The van der Waals surface area contributed by atoms with E-state index in [0.717, 1.165) is 5.56 Å². The van der Waals surface area contributed by atoms with Gasteiger partial charge in [-0.1, -0.05) is 35.5 Å². The number of hydrogen-bond donors (Lipinski definition) is 0. The summed E-state index contributed by atoms with van der Waals surface area (Å²) >= 11 is 7.53. The van der Waals surface area contributed by atoms with Gasteiger partial charge in [-0.2, -0.15) is 4.99 Å². The van der Waals surface area contributed by atoms with Crippen LogP contribution in [0.25, 0.3) is 0 Å². The van der Waals surface area contributed by atoms with Gasteiger partial charge < -0.3 is 14.4 Å². The fourth-order valence-corrected chi connectivity index (χ4v) is 7.85. The van der Waals surface area contributed by atoms with Gasteiger partial charge in [0.1, 0.15) is 11.5 Å². The van der Waals surface area contributed by atoms with Crippen LogP contribution in [0.1, 0.15) is 5.56 Å². The number of anilines is 1. The normalized spacial score (nSPS) is 23.1. The van der Waals surface area contributed by atoms with Gasteiger partial charge in [-0.25, -0.2) is 8.42 Å². The number of thioether (sulfide) groups is 1. The molecule has 0 radical (unpaired) electrons. The first-order valence-electron chi connectivity index (χ1n) is 9.54. The van der Waals surface area contributed by atoms with Gasteiger partial charge >= 0.3 is 0 Å². The Hall–Kier alpha value is -2.23. The number of rotatable bonds is 5. The van der Waals surface area contributed by atoms with E-state index in [2.05, 4.69) is 4.99 Å². The zero-order chi connectivity index (χ0) is 22.2. The van der Waals surface area contributed by atoms with Crippen molar-refractivity contribution in [3.63, 3.8) is 0 Å². The third-order valence-electron chi connectivity index (χ3n) is 5.20. The molecule has 0 spiro atoms. The first-order valence-corrected chi connectivity index (χ1v) is 12.6. The van der Waals surface area contributed by atoms with E-state index in [4.69, 9.17) is 21.1 Å². The third kappa shape index (κ3) is 4.68. The van der Waals surface area contributed by atoms with E-state index < -0.39 is 9.84 Å². The Morgan fingerprint density at radius 3 is 2.58 bits per heavy atom. The Kier molecular flexibility index (Phi) is 6.18. The fraction of sp³-hybridized carbons (Fsp3) is 0.333. The summed E-state index contributed by atoms with van der Waals surface area (Å²) in [5.41, 5.74) is 1.41. The average Bonchev–Trinajstić information content (AvgIpc) is 3.19. The number of ether oxygens (including phenoxy) is 2. The lowest BCUT2D eigenvalue weighted by Crippen LogP contribution is -2.38. The lowest BCUT2D eigenvalue weighted by Gasteiger charge is -2.26. The molecule has 2 fully saturated rings. The quantitative estimate of drug-likeness (QED) is 0.649. The number of hydrogen-bond acceptors (Lipinski definition) is 6. The molecule has 0 aromatic heterocycles. The van der Waals surface area contributed by atoms with Gasteiger partial charge in [0, 0.05) is 10.3 Å². The van der Waals surface area contributed by atoms with Crippen LogP contribution in [0.4, 0.5) is 5.69 Å². The third-order valence-corrected chi connectivity index (χ3v) is 8.65. The molecule has 2 saturated heterocycles. The van der Waals surface area contributed by atoms with Crippen LogP contribution in [-0.2, 0) is 21.1 Å². The molecule has 0 saturated carbocycles. The Labute approximate surface area is 190 Å². The highest BCUT2D eigenvalue weighted by Crippen LogP contribution is 2.44. The molecule has 2 aliphatic rings. The van der Waals surface area contributed by atoms with Crippen molar-refractivity contribution in [1.29, 1.82) is 0 Å². The maximum Gasteiger partial charge on any atom is 0.252 e. The molecule has 2 atom stereocenters. The minimum Gasteiger partial charge on any atom is -0.497 e. The Morgan fingerprint density at radius 2 is 1.90 bits per heavy atom. The molecule has 2 aromatic rings. The van der Waals surface area contributed by atoms with E-state index in [9.17, 15) is 13.2 Å². The molecule has 2 aliphatic heterocycles. The van der Waals surface area contributed by atoms with Crippen molar-refractivity contribution < 1.29 is 22.7 Å². The second-order valence-corrected chi connectivity index (χ2v) is 11.1. The zero-order valence-electron chi connectivity index (χ0n) is 16.9. The summed E-state index contributed by atoms with van der Waals surface area (Å²) in [5, 5.41) is 0.735. The highest BCUT2D eigenvalue weighted by molar-refractivity contribution is 8.16. The van der Waals surface area contributed by atoms with Crippen molar-refractivity contribution in [3.8, 4) is 11.5 Å². The summed E-state index contributed by atoms with van der Waals surface area (Å²) < 4.78 is 35.1. The zero-order valence-corrected chi connectivity index (χ0v) is 19.3. The lowest BCUT2D eigenvalue weighted by molar-refractivity contribution is -0.117. The maximum absolute atomic E-state index is 12.7. The molecule has 2 heterocycles. The number of amides is 1. The molecule has 1 amide bonds. The van der Waals surface area contributed by atoms with Crippen molar-refractivity contribution in [3.05, 3.63) is 53.1 Å². The van der Waals surface area contributed by atoms with Crippen LogP contribution in [0.5, 0.6) is 11.5 Å². The first kappa shape index (κ1) is 22.0. The Balaban J connectivity index is 1.67. The standard InChI is InChI=1S/C21H21ClN2O5S2/c1-28-15-6-3-13(4-7-15)9-20(25)23-21-24(16-10-14(22)5-8-18(16)29-2)17-11-31(26,27)12-19(17)30-21/h3-8,10,17,19H,9,11-12H2,1-2H3/t17-,19+/m1/s1. The number of halogens is 1. The van der Waals surface area contributed by atoms with E-state index in [1.165, 1.54) is 18.9 Å². The van der Waals surface area contributed by atoms with Gasteiger partial charge in [0.15, 0.2) is 15.0 Å². The van der Waals surface area contributed by atoms with Gasteiger partial charge in [-0.05, 0) is 35.9 Å². The predicted octanol–water partition coefficient (Wildman–Crippen LogP) is 3.20. The molecule has 7 nitrogen and oxygen atoms in total. The molecule has 10 heteroatoms. The topological polar surface area (TPSA) is 85.3 Å². The van der Waals surface area contributed by atoms with Crippen LogP contribution >= 0.6 is 23.4 Å². The van der Waals surface area contributed by atoms with Crippen LogP contribution in [0.3, 0.4) is 0 Å². The largest absolute Gasteiger partial charge is 0.497 e. The Morgan fingerprint density at radius 1 is 1.16 bits per heavy atom. The second kappa shape index (κ2) is 8.72. The molecule has 31 heavy (non-hydrogen) atoms. The first-order chi connectivity index (χ1) is 14.8. The van der Waals surface area contributed by atoms with Crippen molar-refractivity contribution in [2.75, 3.05) is 30.6 Å². The van der Waals surface area contributed by atoms with Gasteiger partial charge in [0.2, 0.25) is 0 Å². The number of carbonyl (C=O) groups is 1. The fourth-order valence-electron chi connectivity index (χ4n) is 3.76. The number of benzene rings is 2. The van der Waals surface area contributed by atoms with Crippen LogP contribution in [0.15, 0.2) is 47.5 Å². The summed E-state index contributed by atoms with van der Waals surface area (Å²) in [4.78, 5) is 18.9. The van der Waals surface area contributed by atoms with Gasteiger partial charge in [0.25, 0.3) is 5.91 Å². The molecule has 0 unspecified atom stereocenters. The summed E-state index contributed by atoms with van der Waals surface area (Å²) in [6, 6.07) is 12.0. The van der Waals surface area contributed by atoms with E-state index in [1.54, 1.807) is 42.3 Å². The lowest BCUT2D eigenvalue weighted by atomic mass is 10.1. The molecular weight excluding hydrogens is 460 g/mol. The monoisotopic (exact) mass is 480 g/mol. The van der Waals surface area contributed by atoms with Crippen molar-refractivity contribution in [2.45, 2.75) is 17.7 Å². The number of sulfone groups is 1. The van der Waals surface area contributed by atoms with Crippen LogP contribution in [0, 0.1) is 0 Å². The summed E-state index contributed by atoms with van der Waals surface area (Å²) in [7, 11) is -0.0565. The number of aliphatic imine (C=N–C) groups is 1. The van der Waals surface area contributed by atoms with E-state index >= 15 is 0 Å². The molecule has 2 aromatic carbocycles. The average molecular weight is 481 g/mol. The van der Waals surface area contributed by atoms with E-state index in [1.807, 2.05) is 12.1 Å². The second-order valence-electron chi connectivity index (χ2n) is 7.30. The van der Waals surface area contributed by atoms with E-state index in [0.29, 0.717) is 27.4 Å². The van der Waals surface area contributed by atoms with Crippen LogP contribution < -0.4 is 14.4 Å². The van der Waals surface area contributed by atoms with Crippen molar-refractivity contribution in [2.24, 2.45) is 4.99 Å². The van der Waals surface area contributed by atoms with Gasteiger partial charge in [-0.3, -0.25) is 4.79 Å². The molecule has 4 rings (SSSR count). The van der Waals surface area contributed by atoms with E-state index in [-0.39, 0.29) is 35.1 Å². The number of fused-ring (bicyclic) bond motifs is 1. The van der Waals surface area contributed by atoms with Crippen LogP contribution in [0.2, 0.25) is 5.02 Å². The Bertz CT molecular complexity index is 1130. The molecule has 0 aliphatic carbocycles. The molecule has 164 valence electrons. The minimum absolute atomic E-state index is 0.00791. The van der Waals surface area contributed by atoms with Crippen LogP contribution in [-0.4, -0.2) is 56.5 Å². The minimum atomic E-state index is -3.17. The SMILES string of the molecule is COc1ccc(CC(=O)N=C2S[C@H]3CS(=O)(=O)C[C@H]3N2c2cc(Cl)ccc2OC)cc1. The highest BCUT2D eigenvalue weighted by atomic mass is 35.5. The molecule has 0 N–H and O–H groups in total. The predicted molar refractivity (Wildman–Crippen MR) is 123 cm³/mol. The smallest absolute Gasteiger partial charge is 0.252 e. The summed E-state index contributed by atoms with van der Waals surface area (Å²) in [6.45, 7) is 0. The number of nitrogens with zero attached hydrogens (tertiary/aromatic N) is 2. The summed E-state index contributed by atoms with van der Waals surface area (Å²) in [5.74, 6) is 0.966. The number of amidine groups is 1. The van der Waals surface area contributed by atoms with Gasteiger partial charge in [0.05, 0.1) is 43.9 Å². The van der Waals surface area contributed by atoms with Gasteiger partial charge in [-0.15, -0.1) is 0 Å². The molecule has 0 bridgehead atoms.